The van der Waals surface area contributed by atoms with Gasteiger partial charge in [0.15, 0.2) is 0 Å². The summed E-state index contributed by atoms with van der Waals surface area (Å²) in [5.74, 6) is 1.27. The van der Waals surface area contributed by atoms with E-state index < -0.39 is 0 Å². The van der Waals surface area contributed by atoms with Gasteiger partial charge in [-0.25, -0.2) is 4.98 Å². The molecule has 1 aromatic heterocycles. The molecule has 1 aromatic carbocycles. The van der Waals surface area contributed by atoms with Crippen LogP contribution in [0.15, 0.2) is 30.3 Å². The summed E-state index contributed by atoms with van der Waals surface area (Å²) in [6, 6.07) is 10.4. The minimum Gasteiger partial charge on any atom is -0.368 e. The van der Waals surface area contributed by atoms with E-state index in [0.29, 0.717) is 5.95 Å². The highest BCUT2D eigenvalue weighted by molar-refractivity contribution is 6.31. The smallest absolute Gasteiger partial charge is 0.222 e. The van der Waals surface area contributed by atoms with Crippen molar-refractivity contribution in [2.45, 2.75) is 45.1 Å². The van der Waals surface area contributed by atoms with Gasteiger partial charge < -0.3 is 10.6 Å². The SMILES string of the molecule is CCc1cc(N2CCCCCC2c2ccccc2Cl)nc(N)n1. The van der Waals surface area contributed by atoms with Crippen LogP contribution in [0.1, 0.15) is 49.9 Å². The molecule has 1 saturated heterocycles. The van der Waals surface area contributed by atoms with Gasteiger partial charge in [0.1, 0.15) is 5.82 Å². The van der Waals surface area contributed by atoms with Crippen LogP contribution >= 0.6 is 11.6 Å². The van der Waals surface area contributed by atoms with E-state index in [4.69, 9.17) is 17.3 Å². The molecule has 0 radical (unpaired) electrons. The van der Waals surface area contributed by atoms with Gasteiger partial charge in [0.25, 0.3) is 0 Å². The van der Waals surface area contributed by atoms with Gasteiger partial charge in [0.05, 0.1) is 6.04 Å². The fourth-order valence-corrected chi connectivity index (χ4v) is 3.54. The van der Waals surface area contributed by atoms with Crippen molar-refractivity contribution in [1.29, 1.82) is 0 Å². The van der Waals surface area contributed by atoms with Gasteiger partial charge in [0, 0.05) is 23.3 Å². The maximum Gasteiger partial charge on any atom is 0.222 e. The summed E-state index contributed by atoms with van der Waals surface area (Å²) in [7, 11) is 0. The van der Waals surface area contributed by atoms with Crippen molar-refractivity contribution >= 4 is 23.4 Å². The second-order valence-corrected chi connectivity index (χ2v) is 6.42. The monoisotopic (exact) mass is 330 g/mol. The lowest BCUT2D eigenvalue weighted by molar-refractivity contribution is 0.596. The number of hydrogen-bond donors (Lipinski definition) is 1. The van der Waals surface area contributed by atoms with E-state index >= 15 is 0 Å². The molecular weight excluding hydrogens is 308 g/mol. The second-order valence-electron chi connectivity index (χ2n) is 6.01. The van der Waals surface area contributed by atoms with E-state index in [1.54, 1.807) is 0 Å². The molecule has 1 unspecified atom stereocenters. The Hall–Kier alpha value is -1.81. The molecule has 0 amide bonds. The third-order valence-corrected chi connectivity index (χ3v) is 4.80. The van der Waals surface area contributed by atoms with Crippen molar-refractivity contribution in [3.05, 3.63) is 46.6 Å². The van der Waals surface area contributed by atoms with Crippen LogP contribution in [-0.4, -0.2) is 16.5 Å². The van der Waals surface area contributed by atoms with Crippen molar-refractivity contribution in [2.75, 3.05) is 17.2 Å². The first kappa shape index (κ1) is 16.1. The lowest BCUT2D eigenvalue weighted by Gasteiger charge is -2.32. The zero-order valence-electron chi connectivity index (χ0n) is 13.5. The molecule has 1 atom stereocenters. The van der Waals surface area contributed by atoms with Crippen LogP contribution in [0, 0.1) is 0 Å². The van der Waals surface area contributed by atoms with E-state index in [1.807, 2.05) is 12.1 Å². The van der Waals surface area contributed by atoms with Gasteiger partial charge in [-0.15, -0.1) is 0 Å². The van der Waals surface area contributed by atoms with E-state index in [9.17, 15) is 0 Å². The Balaban J connectivity index is 2.03. The molecule has 1 aliphatic heterocycles. The molecule has 1 aliphatic rings. The number of nitrogen functional groups attached to an aromatic ring is 1. The quantitative estimate of drug-likeness (QED) is 0.906. The molecule has 122 valence electrons. The number of hydrogen-bond acceptors (Lipinski definition) is 4. The largest absolute Gasteiger partial charge is 0.368 e. The van der Waals surface area contributed by atoms with E-state index in [1.165, 1.54) is 18.4 Å². The molecule has 2 N–H and O–H groups in total. The van der Waals surface area contributed by atoms with Crippen LogP contribution in [-0.2, 0) is 6.42 Å². The van der Waals surface area contributed by atoms with Gasteiger partial charge >= 0.3 is 0 Å². The number of benzene rings is 1. The van der Waals surface area contributed by atoms with Gasteiger partial charge in [-0.2, -0.15) is 4.98 Å². The van der Waals surface area contributed by atoms with E-state index in [0.717, 1.165) is 42.3 Å². The highest BCUT2D eigenvalue weighted by Crippen LogP contribution is 2.36. The summed E-state index contributed by atoms with van der Waals surface area (Å²) in [6.07, 6.45) is 5.53. The summed E-state index contributed by atoms with van der Waals surface area (Å²) in [6.45, 7) is 3.05. The zero-order valence-corrected chi connectivity index (χ0v) is 14.3. The maximum atomic E-state index is 6.47. The van der Waals surface area contributed by atoms with E-state index in [-0.39, 0.29) is 6.04 Å². The summed E-state index contributed by atoms with van der Waals surface area (Å²) < 4.78 is 0. The molecule has 0 spiro atoms. The minimum absolute atomic E-state index is 0.241. The summed E-state index contributed by atoms with van der Waals surface area (Å²) in [4.78, 5) is 11.2. The zero-order chi connectivity index (χ0) is 16.2. The number of aryl methyl sites for hydroxylation is 1. The summed E-state index contributed by atoms with van der Waals surface area (Å²) in [5.41, 5.74) is 8.07. The van der Waals surface area contributed by atoms with Crippen LogP contribution in [0.3, 0.4) is 0 Å². The Morgan fingerprint density at radius 2 is 2.04 bits per heavy atom. The topological polar surface area (TPSA) is 55.0 Å². The Kier molecular flexibility index (Phi) is 5.01. The van der Waals surface area contributed by atoms with Crippen molar-refractivity contribution in [3.63, 3.8) is 0 Å². The highest BCUT2D eigenvalue weighted by atomic mass is 35.5. The number of halogens is 1. The Labute approximate surface area is 142 Å². The van der Waals surface area contributed by atoms with Gasteiger partial charge in [-0.1, -0.05) is 49.6 Å². The lowest BCUT2D eigenvalue weighted by atomic mass is 10.0. The van der Waals surface area contributed by atoms with E-state index in [2.05, 4.69) is 40.0 Å². The third kappa shape index (κ3) is 3.58. The fourth-order valence-electron chi connectivity index (χ4n) is 3.28. The van der Waals surface area contributed by atoms with Gasteiger partial charge in [0.2, 0.25) is 5.95 Å². The molecule has 4 nitrogen and oxygen atoms in total. The number of nitrogens with zero attached hydrogens (tertiary/aromatic N) is 3. The number of rotatable bonds is 3. The Morgan fingerprint density at radius 1 is 1.22 bits per heavy atom. The standard InChI is InChI=1S/C18H23ClN4/c1-2-13-12-17(22-18(20)21-13)23-11-7-3-4-10-16(23)14-8-5-6-9-15(14)19/h5-6,8-9,12,16H,2-4,7,10-11H2,1H3,(H2,20,21,22). The van der Waals surface area contributed by atoms with Crippen LogP contribution in [0.2, 0.25) is 5.02 Å². The first-order chi connectivity index (χ1) is 11.2. The van der Waals surface area contributed by atoms with Crippen LogP contribution in [0.25, 0.3) is 0 Å². The van der Waals surface area contributed by atoms with Crippen molar-refractivity contribution in [1.82, 2.24) is 9.97 Å². The summed E-state index contributed by atoms with van der Waals surface area (Å²) in [5, 5.41) is 0.821. The Bertz CT molecular complexity index is 674. The van der Waals surface area contributed by atoms with Crippen molar-refractivity contribution < 1.29 is 0 Å². The predicted molar refractivity (Wildman–Crippen MR) is 95.8 cm³/mol. The molecule has 1 fully saturated rings. The van der Waals surface area contributed by atoms with Crippen LogP contribution in [0.4, 0.5) is 11.8 Å². The third-order valence-electron chi connectivity index (χ3n) is 4.46. The normalized spacial score (nSPS) is 18.7. The second kappa shape index (κ2) is 7.18. The van der Waals surface area contributed by atoms with Gasteiger partial charge in [-0.05, 0) is 30.9 Å². The van der Waals surface area contributed by atoms with Crippen molar-refractivity contribution in [3.8, 4) is 0 Å². The molecule has 0 bridgehead atoms. The molecule has 0 saturated carbocycles. The first-order valence-corrected chi connectivity index (χ1v) is 8.71. The average molecular weight is 331 g/mol. The molecule has 2 aromatic rings. The molecule has 5 heteroatoms. The lowest BCUT2D eigenvalue weighted by Crippen LogP contribution is -2.30. The highest BCUT2D eigenvalue weighted by Gasteiger charge is 2.26. The molecule has 2 heterocycles. The molecular formula is C18H23ClN4. The Morgan fingerprint density at radius 3 is 2.83 bits per heavy atom. The number of aromatic nitrogens is 2. The fraction of sp³-hybridized carbons (Fsp3) is 0.444. The summed E-state index contributed by atoms with van der Waals surface area (Å²) >= 11 is 6.47. The average Bonchev–Trinajstić information content (AvgIpc) is 2.80. The number of nitrogens with two attached hydrogens (primary N) is 1. The van der Waals surface area contributed by atoms with Crippen molar-refractivity contribution in [2.24, 2.45) is 0 Å². The molecule has 23 heavy (non-hydrogen) atoms. The molecule has 3 rings (SSSR count). The number of anilines is 2. The minimum atomic E-state index is 0.241. The van der Waals surface area contributed by atoms with Crippen LogP contribution < -0.4 is 10.6 Å². The molecule has 0 aliphatic carbocycles. The predicted octanol–water partition coefficient (Wildman–Crippen LogP) is 4.40. The van der Waals surface area contributed by atoms with Crippen LogP contribution in [0.5, 0.6) is 0 Å². The first-order valence-electron chi connectivity index (χ1n) is 8.33. The van der Waals surface area contributed by atoms with Gasteiger partial charge in [-0.3, -0.25) is 0 Å². The maximum absolute atomic E-state index is 6.47.